The summed E-state index contributed by atoms with van der Waals surface area (Å²) in [5.41, 5.74) is 1.25. The molecule has 0 fully saturated rings. The summed E-state index contributed by atoms with van der Waals surface area (Å²) >= 11 is 0. The summed E-state index contributed by atoms with van der Waals surface area (Å²) in [5, 5.41) is 0. The number of nitrogens with zero attached hydrogens (tertiary/aromatic N) is 2. The summed E-state index contributed by atoms with van der Waals surface area (Å²) in [6, 6.07) is 9.63. The van der Waals surface area contributed by atoms with Crippen LogP contribution in [0.2, 0.25) is 0 Å². The van der Waals surface area contributed by atoms with Gasteiger partial charge >= 0.3 is 0 Å². The molecule has 0 unspecified atom stereocenters. The molecule has 7 nitrogen and oxygen atoms in total. The summed E-state index contributed by atoms with van der Waals surface area (Å²) < 4.78 is 31.7. The Morgan fingerprint density at radius 1 is 1.24 bits per heavy atom. The third kappa shape index (κ3) is 5.35. The van der Waals surface area contributed by atoms with Gasteiger partial charge < -0.3 is 9.64 Å². The number of carbonyl (C=O) groups excluding carboxylic acids is 1. The van der Waals surface area contributed by atoms with Gasteiger partial charge in [-0.1, -0.05) is 6.07 Å². The number of sulfonamides is 1. The van der Waals surface area contributed by atoms with Crippen LogP contribution in [0.25, 0.3) is 0 Å². The van der Waals surface area contributed by atoms with E-state index in [2.05, 4.69) is 9.71 Å². The number of carbonyl (C=O) groups is 1. The predicted molar refractivity (Wildman–Crippen MR) is 93.5 cm³/mol. The highest BCUT2D eigenvalue weighted by atomic mass is 32.2. The van der Waals surface area contributed by atoms with Crippen LogP contribution in [0.4, 0.5) is 0 Å². The second kappa shape index (κ2) is 8.70. The molecule has 0 aliphatic heterocycles. The largest absolute Gasteiger partial charge is 0.383 e. The Kier molecular flexibility index (Phi) is 6.63. The van der Waals surface area contributed by atoms with Crippen LogP contribution in [0.1, 0.15) is 15.9 Å². The summed E-state index contributed by atoms with van der Waals surface area (Å²) in [6.45, 7) is 0.843. The Morgan fingerprint density at radius 2 is 1.96 bits per heavy atom. The Bertz CT molecular complexity index is 810. The molecule has 0 aliphatic carbocycles. The zero-order valence-electron chi connectivity index (χ0n) is 14.2. The van der Waals surface area contributed by atoms with Gasteiger partial charge in [-0.2, -0.15) is 0 Å². The van der Waals surface area contributed by atoms with E-state index in [-0.39, 0.29) is 24.0 Å². The van der Waals surface area contributed by atoms with E-state index in [1.165, 1.54) is 24.1 Å². The third-order valence-electron chi connectivity index (χ3n) is 3.51. The van der Waals surface area contributed by atoms with Crippen molar-refractivity contribution in [1.29, 1.82) is 0 Å². The van der Waals surface area contributed by atoms with Gasteiger partial charge in [-0.05, 0) is 35.9 Å². The van der Waals surface area contributed by atoms with Crippen molar-refractivity contribution < 1.29 is 17.9 Å². The smallest absolute Gasteiger partial charge is 0.253 e. The number of nitrogens with one attached hydrogen (secondary N) is 1. The standard InChI is InChI=1S/C17H21N3O4S/c1-20(13-14-6-8-18-9-7-14)17(21)15-4-3-5-16(12-15)25(22,23)19-10-11-24-2/h3-9,12,19H,10-11,13H2,1-2H3. The van der Waals surface area contributed by atoms with Gasteiger partial charge in [-0.25, -0.2) is 13.1 Å². The Labute approximate surface area is 147 Å². The van der Waals surface area contributed by atoms with Crippen LogP contribution in [-0.2, 0) is 21.3 Å². The van der Waals surface area contributed by atoms with Gasteiger partial charge in [0.25, 0.3) is 5.91 Å². The molecule has 25 heavy (non-hydrogen) atoms. The van der Waals surface area contributed by atoms with E-state index in [1.807, 2.05) is 12.1 Å². The van der Waals surface area contributed by atoms with Crippen molar-refractivity contribution in [3.8, 4) is 0 Å². The molecule has 134 valence electrons. The van der Waals surface area contributed by atoms with Crippen molar-refractivity contribution in [2.24, 2.45) is 0 Å². The Morgan fingerprint density at radius 3 is 2.64 bits per heavy atom. The van der Waals surface area contributed by atoms with Crippen LogP contribution in [0.3, 0.4) is 0 Å². The van der Waals surface area contributed by atoms with Crippen molar-refractivity contribution in [2.75, 3.05) is 27.3 Å². The van der Waals surface area contributed by atoms with Gasteiger partial charge in [-0.15, -0.1) is 0 Å². The second-order valence-electron chi connectivity index (χ2n) is 5.44. The molecule has 0 saturated carbocycles. The van der Waals surface area contributed by atoms with Gasteiger partial charge in [0, 0.05) is 45.2 Å². The molecule has 2 aromatic rings. The molecule has 0 radical (unpaired) electrons. The van der Waals surface area contributed by atoms with E-state index in [0.29, 0.717) is 12.1 Å². The zero-order valence-corrected chi connectivity index (χ0v) is 15.0. The number of methoxy groups -OCH3 is 1. The second-order valence-corrected chi connectivity index (χ2v) is 7.20. The van der Waals surface area contributed by atoms with Crippen molar-refractivity contribution in [1.82, 2.24) is 14.6 Å². The SMILES string of the molecule is COCCNS(=O)(=O)c1cccc(C(=O)N(C)Cc2ccncc2)c1. The Hall–Kier alpha value is -2.29. The highest BCUT2D eigenvalue weighted by Crippen LogP contribution is 2.14. The van der Waals surface area contributed by atoms with Gasteiger partial charge in [0.05, 0.1) is 11.5 Å². The average Bonchev–Trinajstić information content (AvgIpc) is 2.62. The molecule has 0 bridgehead atoms. The van der Waals surface area contributed by atoms with Crippen LogP contribution in [0, 0.1) is 0 Å². The van der Waals surface area contributed by atoms with Crippen molar-refractivity contribution in [3.63, 3.8) is 0 Å². The van der Waals surface area contributed by atoms with E-state index >= 15 is 0 Å². The maximum absolute atomic E-state index is 12.6. The molecule has 1 N–H and O–H groups in total. The Balaban J connectivity index is 2.13. The fourth-order valence-electron chi connectivity index (χ4n) is 2.21. The first-order valence-corrected chi connectivity index (χ1v) is 9.15. The monoisotopic (exact) mass is 363 g/mol. The fourth-order valence-corrected chi connectivity index (χ4v) is 3.27. The molecule has 0 spiro atoms. The minimum absolute atomic E-state index is 0.0479. The quantitative estimate of drug-likeness (QED) is 0.714. The molecular weight excluding hydrogens is 342 g/mol. The highest BCUT2D eigenvalue weighted by molar-refractivity contribution is 7.89. The first kappa shape index (κ1) is 19.0. The number of benzene rings is 1. The molecule has 0 atom stereocenters. The lowest BCUT2D eigenvalue weighted by Gasteiger charge is -2.17. The van der Waals surface area contributed by atoms with E-state index in [1.54, 1.807) is 31.6 Å². The maximum Gasteiger partial charge on any atom is 0.253 e. The van der Waals surface area contributed by atoms with Gasteiger partial charge in [-0.3, -0.25) is 9.78 Å². The summed E-state index contributed by atoms with van der Waals surface area (Å²) in [5.74, 6) is -0.259. The normalized spacial score (nSPS) is 11.3. The van der Waals surface area contributed by atoms with Crippen LogP contribution < -0.4 is 4.72 Å². The lowest BCUT2D eigenvalue weighted by molar-refractivity contribution is 0.0785. The van der Waals surface area contributed by atoms with Crippen molar-refractivity contribution in [2.45, 2.75) is 11.4 Å². The molecule has 8 heteroatoms. The predicted octanol–water partition coefficient (Wildman–Crippen LogP) is 1.28. The van der Waals surface area contributed by atoms with Crippen LogP contribution >= 0.6 is 0 Å². The van der Waals surface area contributed by atoms with E-state index in [4.69, 9.17) is 4.74 Å². The molecule has 1 aromatic heterocycles. The number of amides is 1. The molecule has 1 amide bonds. The van der Waals surface area contributed by atoms with Crippen LogP contribution in [-0.4, -0.2) is 51.5 Å². The molecule has 0 aliphatic rings. The molecular formula is C17H21N3O4S. The fraction of sp³-hybridized carbons (Fsp3) is 0.294. The topological polar surface area (TPSA) is 88.6 Å². The molecule has 0 saturated heterocycles. The molecule has 1 aromatic carbocycles. The van der Waals surface area contributed by atoms with Crippen LogP contribution in [0.5, 0.6) is 0 Å². The number of hydrogen-bond acceptors (Lipinski definition) is 5. The number of hydrogen-bond donors (Lipinski definition) is 1. The average molecular weight is 363 g/mol. The van der Waals surface area contributed by atoms with E-state index in [9.17, 15) is 13.2 Å². The van der Waals surface area contributed by atoms with Gasteiger partial charge in [0.15, 0.2) is 0 Å². The summed E-state index contributed by atoms with van der Waals surface area (Å²) in [6.07, 6.45) is 3.32. The van der Waals surface area contributed by atoms with Crippen molar-refractivity contribution in [3.05, 3.63) is 59.9 Å². The first-order valence-electron chi connectivity index (χ1n) is 7.67. The number of pyridine rings is 1. The van der Waals surface area contributed by atoms with Gasteiger partial charge in [0.1, 0.15) is 0 Å². The maximum atomic E-state index is 12.6. The van der Waals surface area contributed by atoms with Crippen molar-refractivity contribution >= 4 is 15.9 Å². The number of ether oxygens (including phenoxy) is 1. The van der Waals surface area contributed by atoms with E-state index in [0.717, 1.165) is 5.56 Å². The minimum atomic E-state index is -3.68. The third-order valence-corrected chi connectivity index (χ3v) is 4.96. The highest BCUT2D eigenvalue weighted by Gasteiger charge is 2.17. The number of aromatic nitrogens is 1. The number of rotatable bonds is 8. The van der Waals surface area contributed by atoms with Gasteiger partial charge in [0.2, 0.25) is 10.0 Å². The van der Waals surface area contributed by atoms with E-state index < -0.39 is 10.0 Å². The lowest BCUT2D eigenvalue weighted by Crippen LogP contribution is -2.28. The first-order chi connectivity index (χ1) is 11.9. The molecule has 2 rings (SSSR count). The lowest BCUT2D eigenvalue weighted by atomic mass is 10.2. The summed E-state index contributed by atoms with van der Waals surface area (Å²) in [4.78, 5) is 18.1. The minimum Gasteiger partial charge on any atom is -0.383 e. The van der Waals surface area contributed by atoms with Crippen LogP contribution in [0.15, 0.2) is 53.7 Å². The zero-order chi connectivity index (χ0) is 18.3. The molecule has 1 heterocycles. The summed E-state index contributed by atoms with van der Waals surface area (Å²) in [7, 11) is -0.522.